The summed E-state index contributed by atoms with van der Waals surface area (Å²) in [5.74, 6) is 2.36. The van der Waals surface area contributed by atoms with Gasteiger partial charge in [0.2, 0.25) is 0 Å². The normalized spacial score (nSPS) is 19.8. The molecule has 0 spiro atoms. The highest BCUT2D eigenvalue weighted by Crippen LogP contribution is 2.44. The van der Waals surface area contributed by atoms with Crippen LogP contribution in [0.25, 0.3) is 0 Å². The molecular weight excluding hydrogens is 272 g/mol. The highest BCUT2D eigenvalue weighted by atomic mass is 32.2. The van der Waals surface area contributed by atoms with E-state index in [9.17, 15) is 0 Å². The molecule has 4 rings (SSSR count). The maximum absolute atomic E-state index is 4.55. The average Bonchev–Trinajstić information content (AvgIpc) is 3.27. The molecule has 2 saturated carbocycles. The van der Waals surface area contributed by atoms with Gasteiger partial charge in [0.05, 0.1) is 0 Å². The standard InChI is InChI=1S/C10H10N4S3/c1-2-5(1)7-11-9(17-14-7)16-10-13-12-8(15-10)6-3-4-6/h5-6H,1-4H2. The van der Waals surface area contributed by atoms with E-state index in [1.807, 2.05) is 0 Å². The van der Waals surface area contributed by atoms with Crippen LogP contribution in [0.4, 0.5) is 0 Å². The minimum atomic E-state index is 0.636. The first-order valence-electron chi connectivity index (χ1n) is 5.73. The summed E-state index contributed by atoms with van der Waals surface area (Å²) in [7, 11) is 0. The number of hydrogen-bond acceptors (Lipinski definition) is 7. The van der Waals surface area contributed by atoms with Gasteiger partial charge in [-0.1, -0.05) is 11.3 Å². The molecule has 2 aromatic heterocycles. The first kappa shape index (κ1) is 10.4. The Morgan fingerprint density at radius 3 is 2.59 bits per heavy atom. The van der Waals surface area contributed by atoms with Crippen LogP contribution >= 0.6 is 34.6 Å². The number of rotatable bonds is 4. The molecule has 4 nitrogen and oxygen atoms in total. The molecule has 0 aliphatic heterocycles. The second-order valence-corrected chi connectivity index (χ2v) is 7.73. The Kier molecular flexibility index (Phi) is 2.44. The van der Waals surface area contributed by atoms with Gasteiger partial charge < -0.3 is 0 Å². The zero-order chi connectivity index (χ0) is 11.2. The maximum atomic E-state index is 4.55. The smallest absolute Gasteiger partial charge is 0.181 e. The van der Waals surface area contributed by atoms with Crippen molar-refractivity contribution >= 4 is 34.6 Å². The van der Waals surface area contributed by atoms with Crippen LogP contribution in [-0.4, -0.2) is 19.6 Å². The molecule has 0 saturated heterocycles. The van der Waals surface area contributed by atoms with Crippen LogP contribution in [0.5, 0.6) is 0 Å². The van der Waals surface area contributed by atoms with Crippen LogP contribution in [-0.2, 0) is 0 Å². The Balaban J connectivity index is 1.50. The lowest BCUT2D eigenvalue weighted by Crippen LogP contribution is -1.80. The summed E-state index contributed by atoms with van der Waals surface area (Å²) >= 11 is 4.81. The number of nitrogens with zero attached hydrogens (tertiary/aromatic N) is 4. The van der Waals surface area contributed by atoms with Gasteiger partial charge in [-0.2, -0.15) is 4.37 Å². The van der Waals surface area contributed by atoms with E-state index in [4.69, 9.17) is 0 Å². The summed E-state index contributed by atoms with van der Waals surface area (Å²) in [5.41, 5.74) is 0. The summed E-state index contributed by atoms with van der Waals surface area (Å²) in [5, 5.41) is 9.64. The van der Waals surface area contributed by atoms with E-state index >= 15 is 0 Å². The van der Waals surface area contributed by atoms with Crippen molar-refractivity contribution in [2.24, 2.45) is 0 Å². The van der Waals surface area contributed by atoms with Crippen molar-refractivity contribution in [3.63, 3.8) is 0 Å². The Morgan fingerprint density at radius 1 is 1.00 bits per heavy atom. The topological polar surface area (TPSA) is 51.6 Å². The van der Waals surface area contributed by atoms with Gasteiger partial charge in [-0.25, -0.2) is 4.98 Å². The van der Waals surface area contributed by atoms with E-state index in [0.717, 1.165) is 14.5 Å². The van der Waals surface area contributed by atoms with E-state index in [-0.39, 0.29) is 0 Å². The van der Waals surface area contributed by atoms with Crippen LogP contribution in [0.1, 0.15) is 48.4 Å². The fraction of sp³-hybridized carbons (Fsp3) is 0.600. The predicted molar refractivity (Wildman–Crippen MR) is 67.9 cm³/mol. The molecule has 88 valence electrons. The first-order chi connectivity index (χ1) is 8.38. The van der Waals surface area contributed by atoms with Crippen molar-refractivity contribution < 1.29 is 0 Å². The molecule has 0 amide bonds. The maximum Gasteiger partial charge on any atom is 0.181 e. The second kappa shape index (κ2) is 4.00. The van der Waals surface area contributed by atoms with Crippen molar-refractivity contribution in [1.29, 1.82) is 0 Å². The van der Waals surface area contributed by atoms with Gasteiger partial charge in [0.1, 0.15) is 10.8 Å². The monoisotopic (exact) mass is 282 g/mol. The fourth-order valence-electron chi connectivity index (χ4n) is 1.60. The molecule has 2 aliphatic carbocycles. The summed E-state index contributed by atoms with van der Waals surface area (Å²) in [6.07, 6.45) is 5.07. The highest BCUT2D eigenvalue weighted by Gasteiger charge is 2.29. The minimum absolute atomic E-state index is 0.636. The average molecular weight is 282 g/mol. The third-order valence-electron chi connectivity index (χ3n) is 2.89. The van der Waals surface area contributed by atoms with Crippen molar-refractivity contribution in [2.75, 3.05) is 0 Å². The number of hydrogen-bond donors (Lipinski definition) is 0. The lowest BCUT2D eigenvalue weighted by atomic mass is 10.4. The highest BCUT2D eigenvalue weighted by molar-refractivity contribution is 8.02. The molecule has 0 radical (unpaired) electrons. The largest absolute Gasteiger partial charge is 0.212 e. The Labute approximate surface area is 111 Å². The molecule has 2 fully saturated rings. The SMILES string of the molecule is C1CC1c1nsc(Sc2nnc(C3CC3)s2)n1. The van der Waals surface area contributed by atoms with Crippen LogP contribution in [0.3, 0.4) is 0 Å². The molecular formula is C10H10N4S3. The fourth-order valence-corrected chi connectivity index (χ4v) is 4.53. The van der Waals surface area contributed by atoms with Gasteiger partial charge in [0.15, 0.2) is 8.68 Å². The van der Waals surface area contributed by atoms with Crippen molar-refractivity contribution in [1.82, 2.24) is 19.6 Å². The summed E-state index contributed by atoms with van der Waals surface area (Å²) in [6.45, 7) is 0. The Hall–Kier alpha value is -0.530. The van der Waals surface area contributed by atoms with Crippen LogP contribution in [0, 0.1) is 0 Å². The van der Waals surface area contributed by atoms with Gasteiger partial charge in [-0.3, -0.25) is 0 Å². The third-order valence-corrected chi connectivity index (χ3v) is 5.79. The Bertz CT molecular complexity index is 493. The molecule has 0 aromatic carbocycles. The lowest BCUT2D eigenvalue weighted by Gasteiger charge is -1.87. The molecule has 2 aromatic rings. The Morgan fingerprint density at radius 2 is 1.82 bits per heavy atom. The lowest BCUT2D eigenvalue weighted by molar-refractivity contribution is 0.934. The predicted octanol–water partition coefficient (Wildman–Crippen LogP) is 3.30. The van der Waals surface area contributed by atoms with E-state index in [1.165, 1.54) is 42.2 Å². The molecule has 0 bridgehead atoms. The van der Waals surface area contributed by atoms with Crippen molar-refractivity contribution in [3.05, 3.63) is 10.8 Å². The summed E-state index contributed by atoms with van der Waals surface area (Å²) in [6, 6.07) is 0. The molecule has 0 unspecified atom stereocenters. The summed E-state index contributed by atoms with van der Waals surface area (Å²) in [4.78, 5) is 4.55. The van der Waals surface area contributed by atoms with Crippen LogP contribution < -0.4 is 0 Å². The third kappa shape index (κ3) is 2.23. The van der Waals surface area contributed by atoms with Crippen molar-refractivity contribution in [3.8, 4) is 0 Å². The number of aromatic nitrogens is 4. The van der Waals surface area contributed by atoms with Gasteiger partial charge in [0.25, 0.3) is 0 Å². The molecule has 7 heteroatoms. The molecule has 17 heavy (non-hydrogen) atoms. The van der Waals surface area contributed by atoms with E-state index in [2.05, 4.69) is 19.6 Å². The first-order valence-corrected chi connectivity index (χ1v) is 8.14. The van der Waals surface area contributed by atoms with Crippen molar-refractivity contribution in [2.45, 2.75) is 46.2 Å². The van der Waals surface area contributed by atoms with E-state index in [0.29, 0.717) is 11.8 Å². The molecule has 0 atom stereocenters. The molecule has 2 aliphatic rings. The van der Waals surface area contributed by atoms with Crippen LogP contribution in [0.2, 0.25) is 0 Å². The zero-order valence-corrected chi connectivity index (χ0v) is 11.4. The molecule has 2 heterocycles. The van der Waals surface area contributed by atoms with Gasteiger partial charge in [-0.15, -0.1) is 10.2 Å². The van der Waals surface area contributed by atoms with Gasteiger partial charge in [-0.05, 0) is 49.0 Å². The van der Waals surface area contributed by atoms with E-state index < -0.39 is 0 Å². The van der Waals surface area contributed by atoms with Gasteiger partial charge in [0, 0.05) is 11.8 Å². The van der Waals surface area contributed by atoms with E-state index in [1.54, 1.807) is 23.1 Å². The zero-order valence-electron chi connectivity index (χ0n) is 9.00. The molecule has 0 N–H and O–H groups in total. The second-order valence-electron chi connectivity index (χ2n) is 4.48. The quantitative estimate of drug-likeness (QED) is 0.861. The summed E-state index contributed by atoms with van der Waals surface area (Å²) < 4.78 is 6.40. The minimum Gasteiger partial charge on any atom is -0.212 e. The van der Waals surface area contributed by atoms with Gasteiger partial charge >= 0.3 is 0 Å². The van der Waals surface area contributed by atoms with Crippen LogP contribution in [0.15, 0.2) is 8.68 Å².